The highest BCUT2D eigenvalue weighted by Gasteiger charge is 2.43. The molecule has 0 atom stereocenters. The number of ketones is 1. The van der Waals surface area contributed by atoms with Gasteiger partial charge in [-0.15, -0.1) is 0 Å². The van der Waals surface area contributed by atoms with Crippen LogP contribution in [-0.2, 0) is 0 Å². The number of likely N-dealkylation sites (tertiary alicyclic amines) is 1. The van der Waals surface area contributed by atoms with E-state index in [0.29, 0.717) is 55.2 Å². The maximum absolute atomic E-state index is 12.4. The predicted molar refractivity (Wildman–Crippen MR) is 88.3 cm³/mol. The number of fused-ring (bicyclic) bond motifs is 1. The van der Waals surface area contributed by atoms with Crippen LogP contribution in [0.2, 0.25) is 5.02 Å². The molecule has 1 fully saturated rings. The fourth-order valence-electron chi connectivity index (χ4n) is 3.21. The van der Waals surface area contributed by atoms with E-state index in [0.717, 1.165) is 6.42 Å². The maximum Gasteiger partial charge on any atom is 0.317 e. The number of benzene rings is 1. The van der Waals surface area contributed by atoms with E-state index >= 15 is 0 Å². The van der Waals surface area contributed by atoms with E-state index in [1.54, 1.807) is 23.1 Å². The molecule has 0 unspecified atom stereocenters. The van der Waals surface area contributed by atoms with Crippen molar-refractivity contribution in [2.75, 3.05) is 19.6 Å². The van der Waals surface area contributed by atoms with Crippen LogP contribution in [0.4, 0.5) is 4.79 Å². The Hall–Kier alpha value is -1.75. The summed E-state index contributed by atoms with van der Waals surface area (Å²) < 4.78 is 6.16. The summed E-state index contributed by atoms with van der Waals surface area (Å²) in [5.74, 6) is 0.673. The Bertz CT molecular complexity index is 624. The summed E-state index contributed by atoms with van der Waals surface area (Å²) in [5.41, 5.74) is 0.0747. The van der Waals surface area contributed by atoms with Crippen LogP contribution in [0.25, 0.3) is 0 Å². The molecule has 1 N–H and O–H groups in total. The standard InChI is InChI=1S/C17H21ClN2O3/c1-2-7-19-16(22)20-8-5-17(6-9-20)11-14(21)13-10-12(18)3-4-15(13)23-17/h3-4,10H,2,5-9,11H2,1H3,(H,19,22). The zero-order valence-corrected chi connectivity index (χ0v) is 14.0. The van der Waals surface area contributed by atoms with Crippen LogP contribution in [0.15, 0.2) is 18.2 Å². The molecule has 2 heterocycles. The third kappa shape index (κ3) is 3.29. The molecular formula is C17H21ClN2O3. The Labute approximate surface area is 140 Å². The summed E-state index contributed by atoms with van der Waals surface area (Å²) in [4.78, 5) is 26.3. The van der Waals surface area contributed by atoms with Gasteiger partial charge in [0.05, 0.1) is 12.0 Å². The molecule has 0 bridgehead atoms. The van der Waals surface area contributed by atoms with Gasteiger partial charge in [-0.3, -0.25) is 4.79 Å². The zero-order chi connectivity index (χ0) is 16.4. The van der Waals surface area contributed by atoms with Crippen LogP contribution < -0.4 is 10.1 Å². The highest BCUT2D eigenvalue weighted by Crippen LogP contribution is 2.40. The molecule has 6 heteroatoms. The normalized spacial score (nSPS) is 19.2. The van der Waals surface area contributed by atoms with Crippen molar-refractivity contribution in [2.45, 2.75) is 38.2 Å². The number of halogens is 1. The van der Waals surface area contributed by atoms with E-state index in [4.69, 9.17) is 16.3 Å². The largest absolute Gasteiger partial charge is 0.486 e. The summed E-state index contributed by atoms with van der Waals surface area (Å²) in [7, 11) is 0. The number of carbonyl (C=O) groups is 2. The second kappa shape index (κ2) is 6.40. The van der Waals surface area contributed by atoms with Crippen LogP contribution >= 0.6 is 11.6 Å². The van der Waals surface area contributed by atoms with Gasteiger partial charge < -0.3 is 15.0 Å². The molecule has 0 aliphatic carbocycles. The lowest BCUT2D eigenvalue weighted by Gasteiger charge is -2.43. The Morgan fingerprint density at radius 2 is 2.13 bits per heavy atom. The van der Waals surface area contributed by atoms with Crippen molar-refractivity contribution >= 4 is 23.4 Å². The number of urea groups is 1. The number of hydrogen-bond acceptors (Lipinski definition) is 3. The lowest BCUT2D eigenvalue weighted by Crippen LogP contribution is -2.54. The molecule has 0 saturated carbocycles. The number of rotatable bonds is 2. The van der Waals surface area contributed by atoms with Crippen molar-refractivity contribution in [1.82, 2.24) is 10.2 Å². The minimum absolute atomic E-state index is 0.0315. The quantitative estimate of drug-likeness (QED) is 0.901. The topological polar surface area (TPSA) is 58.6 Å². The van der Waals surface area contributed by atoms with Gasteiger partial charge >= 0.3 is 6.03 Å². The highest BCUT2D eigenvalue weighted by atomic mass is 35.5. The predicted octanol–water partition coefficient (Wildman–Crippen LogP) is 3.26. The molecule has 1 spiro atoms. The summed E-state index contributed by atoms with van der Waals surface area (Å²) in [6.45, 7) is 3.91. The van der Waals surface area contributed by atoms with E-state index in [9.17, 15) is 9.59 Å². The van der Waals surface area contributed by atoms with Gasteiger partial charge in [-0.1, -0.05) is 18.5 Å². The molecule has 1 aromatic rings. The highest BCUT2D eigenvalue weighted by molar-refractivity contribution is 6.31. The number of nitrogens with one attached hydrogen (secondary N) is 1. The van der Waals surface area contributed by atoms with Crippen molar-refractivity contribution < 1.29 is 14.3 Å². The monoisotopic (exact) mass is 336 g/mol. The van der Waals surface area contributed by atoms with Gasteiger partial charge in [0.1, 0.15) is 11.4 Å². The number of carbonyl (C=O) groups excluding carboxylic acids is 2. The molecular weight excluding hydrogens is 316 g/mol. The van der Waals surface area contributed by atoms with Crippen LogP contribution in [0.5, 0.6) is 5.75 Å². The van der Waals surface area contributed by atoms with Crippen molar-refractivity contribution in [3.05, 3.63) is 28.8 Å². The second-order valence-electron chi connectivity index (χ2n) is 6.24. The van der Waals surface area contributed by atoms with E-state index < -0.39 is 5.60 Å². The van der Waals surface area contributed by atoms with Gasteiger partial charge in [0.15, 0.2) is 5.78 Å². The zero-order valence-electron chi connectivity index (χ0n) is 13.2. The molecule has 124 valence electrons. The molecule has 5 nitrogen and oxygen atoms in total. The first-order valence-electron chi connectivity index (χ1n) is 8.07. The van der Waals surface area contributed by atoms with Crippen molar-refractivity contribution in [3.63, 3.8) is 0 Å². The Balaban J connectivity index is 1.68. The van der Waals surface area contributed by atoms with E-state index in [1.807, 2.05) is 6.92 Å². The Morgan fingerprint density at radius 3 is 2.83 bits per heavy atom. The van der Waals surface area contributed by atoms with Gasteiger partial charge in [-0.05, 0) is 24.6 Å². The maximum atomic E-state index is 12.4. The van der Waals surface area contributed by atoms with E-state index in [1.165, 1.54) is 0 Å². The minimum atomic E-state index is -0.487. The molecule has 2 amide bonds. The fraction of sp³-hybridized carbons (Fsp3) is 0.529. The molecule has 1 saturated heterocycles. The van der Waals surface area contributed by atoms with Gasteiger partial charge in [0.25, 0.3) is 0 Å². The SMILES string of the molecule is CCCNC(=O)N1CCC2(CC1)CC(=O)c1cc(Cl)ccc1O2. The minimum Gasteiger partial charge on any atom is -0.486 e. The third-order valence-electron chi connectivity index (χ3n) is 4.54. The third-order valence-corrected chi connectivity index (χ3v) is 4.77. The number of piperidine rings is 1. The molecule has 0 aromatic heterocycles. The van der Waals surface area contributed by atoms with Crippen molar-refractivity contribution in [1.29, 1.82) is 0 Å². The van der Waals surface area contributed by atoms with Crippen LogP contribution in [0.3, 0.4) is 0 Å². The number of nitrogens with zero attached hydrogens (tertiary/aromatic N) is 1. The molecule has 23 heavy (non-hydrogen) atoms. The van der Waals surface area contributed by atoms with Crippen LogP contribution in [0.1, 0.15) is 43.0 Å². The average molecular weight is 337 g/mol. The summed E-state index contributed by atoms with van der Waals surface area (Å²) in [5, 5.41) is 3.43. The van der Waals surface area contributed by atoms with Crippen LogP contribution in [-0.4, -0.2) is 41.9 Å². The second-order valence-corrected chi connectivity index (χ2v) is 6.68. The van der Waals surface area contributed by atoms with Crippen molar-refractivity contribution in [3.8, 4) is 5.75 Å². The number of ether oxygens (including phenoxy) is 1. The summed E-state index contributed by atoms with van der Waals surface area (Å²) >= 11 is 5.96. The number of Topliss-reactive ketones (excluding diaryl/α,β-unsaturated/α-hetero) is 1. The Kier molecular flexibility index (Phi) is 4.48. The van der Waals surface area contributed by atoms with E-state index in [-0.39, 0.29) is 11.8 Å². The first-order valence-corrected chi connectivity index (χ1v) is 8.45. The van der Waals surface area contributed by atoms with Crippen LogP contribution in [0, 0.1) is 0 Å². The summed E-state index contributed by atoms with van der Waals surface area (Å²) in [6, 6.07) is 5.13. The van der Waals surface area contributed by atoms with Gasteiger partial charge in [0.2, 0.25) is 0 Å². The lowest BCUT2D eigenvalue weighted by molar-refractivity contribution is -0.000650. The fourth-order valence-corrected chi connectivity index (χ4v) is 3.38. The van der Waals surface area contributed by atoms with Crippen molar-refractivity contribution in [2.24, 2.45) is 0 Å². The van der Waals surface area contributed by atoms with E-state index in [2.05, 4.69) is 5.32 Å². The first-order chi connectivity index (χ1) is 11.0. The summed E-state index contributed by atoms with van der Waals surface area (Å²) in [6.07, 6.45) is 2.60. The first kappa shape index (κ1) is 16.1. The molecule has 2 aliphatic heterocycles. The smallest absolute Gasteiger partial charge is 0.317 e. The molecule has 2 aliphatic rings. The van der Waals surface area contributed by atoms with Gasteiger partial charge in [-0.25, -0.2) is 4.79 Å². The van der Waals surface area contributed by atoms with Gasteiger partial charge in [0, 0.05) is 37.5 Å². The molecule has 1 aromatic carbocycles. The average Bonchev–Trinajstić information content (AvgIpc) is 2.54. The number of hydrogen-bond donors (Lipinski definition) is 1. The molecule has 0 radical (unpaired) electrons. The number of amides is 2. The lowest BCUT2D eigenvalue weighted by atomic mass is 9.82. The molecule has 3 rings (SSSR count). The van der Waals surface area contributed by atoms with Gasteiger partial charge in [-0.2, -0.15) is 0 Å². The Morgan fingerprint density at radius 1 is 1.39 bits per heavy atom.